The molecule has 17 heavy (non-hydrogen) atoms. The Morgan fingerprint density at radius 2 is 2.24 bits per heavy atom. The summed E-state index contributed by atoms with van der Waals surface area (Å²) in [7, 11) is 0. The average molecular weight is 244 g/mol. The fourth-order valence-corrected chi connectivity index (χ4v) is 2.47. The number of rotatable bonds is 2. The maximum Gasteiger partial charge on any atom is 0.285 e. The topological polar surface area (TPSA) is 69.1 Å². The summed E-state index contributed by atoms with van der Waals surface area (Å²) in [5.74, 6) is -0.372. The fraction of sp³-hybridized carbons (Fsp3) is 0. The van der Waals surface area contributed by atoms with Gasteiger partial charge in [0, 0.05) is 5.56 Å². The number of nitrogens with zero attached hydrogens (tertiary/aromatic N) is 1. The number of hydrogen-bond donors (Lipinski definition) is 1. The highest BCUT2D eigenvalue weighted by Gasteiger charge is 2.14. The molecule has 3 rings (SSSR count). The number of primary amides is 1. The van der Waals surface area contributed by atoms with Crippen LogP contribution in [0.15, 0.2) is 40.5 Å². The molecular weight excluding hydrogens is 236 g/mol. The van der Waals surface area contributed by atoms with Crippen molar-refractivity contribution >= 4 is 27.5 Å². The van der Waals surface area contributed by atoms with Gasteiger partial charge in [0.2, 0.25) is 0 Å². The third-order valence-electron chi connectivity index (χ3n) is 2.53. The molecule has 0 unspecified atom stereocenters. The van der Waals surface area contributed by atoms with Crippen LogP contribution < -0.4 is 5.73 Å². The lowest BCUT2D eigenvalue weighted by Gasteiger charge is -1.99. The van der Waals surface area contributed by atoms with Crippen LogP contribution in [0.2, 0.25) is 0 Å². The number of nitrogens with two attached hydrogens (primary N) is 1. The van der Waals surface area contributed by atoms with Gasteiger partial charge in [0.05, 0.1) is 22.0 Å². The fourth-order valence-electron chi connectivity index (χ4n) is 1.75. The zero-order valence-electron chi connectivity index (χ0n) is 8.71. The number of furan rings is 1. The Morgan fingerprint density at radius 1 is 1.35 bits per heavy atom. The first-order valence-electron chi connectivity index (χ1n) is 4.96. The van der Waals surface area contributed by atoms with Gasteiger partial charge in [0.15, 0.2) is 5.76 Å². The summed E-state index contributed by atoms with van der Waals surface area (Å²) in [6, 6.07) is 7.53. The van der Waals surface area contributed by atoms with E-state index in [9.17, 15) is 4.79 Å². The highest BCUT2D eigenvalue weighted by atomic mass is 32.1. The maximum absolute atomic E-state index is 11.2. The number of carbonyl (C=O) groups excluding carboxylic acids is 1. The zero-order valence-corrected chi connectivity index (χ0v) is 9.53. The van der Waals surface area contributed by atoms with Crippen LogP contribution in [0.4, 0.5) is 0 Å². The van der Waals surface area contributed by atoms with E-state index < -0.39 is 5.91 Å². The molecule has 1 amide bonds. The summed E-state index contributed by atoms with van der Waals surface area (Å²) in [6.07, 6.45) is 1.46. The molecule has 0 aliphatic rings. The van der Waals surface area contributed by atoms with Crippen molar-refractivity contribution in [3.05, 3.63) is 41.8 Å². The highest BCUT2D eigenvalue weighted by molar-refractivity contribution is 7.16. The number of benzene rings is 1. The van der Waals surface area contributed by atoms with Gasteiger partial charge in [0.1, 0.15) is 0 Å². The van der Waals surface area contributed by atoms with Crippen LogP contribution >= 0.6 is 11.3 Å². The van der Waals surface area contributed by atoms with Crippen molar-refractivity contribution in [3.63, 3.8) is 0 Å². The monoisotopic (exact) mass is 244 g/mol. The van der Waals surface area contributed by atoms with Gasteiger partial charge in [-0.15, -0.1) is 11.3 Å². The summed E-state index contributed by atoms with van der Waals surface area (Å²) in [5, 5.41) is 0. The second-order valence-electron chi connectivity index (χ2n) is 3.56. The predicted molar refractivity (Wildman–Crippen MR) is 65.8 cm³/mol. The maximum atomic E-state index is 11.2. The first-order chi connectivity index (χ1) is 8.25. The van der Waals surface area contributed by atoms with E-state index in [4.69, 9.17) is 10.2 Å². The first-order valence-corrected chi connectivity index (χ1v) is 5.84. The summed E-state index contributed by atoms with van der Waals surface area (Å²) < 4.78 is 6.16. The van der Waals surface area contributed by atoms with E-state index in [1.807, 2.05) is 18.2 Å². The van der Waals surface area contributed by atoms with E-state index in [1.54, 1.807) is 22.9 Å². The molecule has 2 N–H and O–H groups in total. The van der Waals surface area contributed by atoms with Crippen LogP contribution in [-0.2, 0) is 0 Å². The number of hydrogen-bond acceptors (Lipinski definition) is 4. The summed E-state index contributed by atoms with van der Waals surface area (Å²) in [6.45, 7) is 0. The third kappa shape index (κ3) is 1.60. The van der Waals surface area contributed by atoms with Crippen molar-refractivity contribution < 1.29 is 9.21 Å². The molecule has 2 heterocycles. The molecule has 5 heteroatoms. The van der Waals surface area contributed by atoms with Gasteiger partial charge >= 0.3 is 0 Å². The minimum Gasteiger partial charge on any atom is -0.459 e. The molecule has 1 aromatic carbocycles. The molecule has 0 aliphatic carbocycles. The van der Waals surface area contributed by atoms with Gasteiger partial charge in [-0.25, -0.2) is 4.98 Å². The Kier molecular flexibility index (Phi) is 2.19. The molecule has 0 aliphatic heterocycles. The number of aromatic nitrogens is 1. The molecule has 3 aromatic rings. The van der Waals surface area contributed by atoms with Crippen molar-refractivity contribution in [2.24, 2.45) is 5.73 Å². The number of fused-ring (bicyclic) bond motifs is 1. The molecule has 0 atom stereocenters. The lowest BCUT2D eigenvalue weighted by Crippen LogP contribution is -2.10. The van der Waals surface area contributed by atoms with E-state index in [0.717, 1.165) is 15.8 Å². The Balaban J connectivity index is 2.19. The quantitative estimate of drug-likeness (QED) is 0.753. The van der Waals surface area contributed by atoms with Crippen molar-refractivity contribution in [3.8, 4) is 11.1 Å². The molecule has 0 bridgehead atoms. The van der Waals surface area contributed by atoms with Crippen molar-refractivity contribution in [1.29, 1.82) is 0 Å². The molecule has 0 radical (unpaired) electrons. The normalized spacial score (nSPS) is 10.8. The van der Waals surface area contributed by atoms with E-state index in [-0.39, 0.29) is 5.76 Å². The van der Waals surface area contributed by atoms with Crippen LogP contribution in [0, 0.1) is 0 Å². The highest BCUT2D eigenvalue weighted by Crippen LogP contribution is 2.29. The first kappa shape index (κ1) is 10.0. The standard InChI is InChI=1S/C12H8N2O2S/c13-12(15)11-8(3-4-16-11)7-1-2-9-10(5-7)17-6-14-9/h1-6H,(H2,13,15). The lowest BCUT2D eigenvalue weighted by molar-refractivity contribution is 0.0975. The minimum atomic E-state index is -0.561. The molecule has 0 saturated carbocycles. The van der Waals surface area contributed by atoms with Gasteiger partial charge in [-0.05, 0) is 23.8 Å². The molecule has 0 spiro atoms. The summed E-state index contributed by atoms with van der Waals surface area (Å²) in [4.78, 5) is 15.4. The molecule has 4 nitrogen and oxygen atoms in total. The predicted octanol–water partition coefficient (Wildman–Crippen LogP) is 2.66. The van der Waals surface area contributed by atoms with Crippen LogP contribution in [0.3, 0.4) is 0 Å². The van der Waals surface area contributed by atoms with Crippen molar-refractivity contribution in [2.45, 2.75) is 0 Å². The van der Waals surface area contributed by atoms with Crippen LogP contribution in [-0.4, -0.2) is 10.9 Å². The summed E-state index contributed by atoms with van der Waals surface area (Å²) >= 11 is 1.56. The Morgan fingerprint density at radius 3 is 3.06 bits per heavy atom. The molecule has 0 fully saturated rings. The zero-order chi connectivity index (χ0) is 11.8. The lowest BCUT2D eigenvalue weighted by atomic mass is 10.1. The average Bonchev–Trinajstić information content (AvgIpc) is 2.96. The number of amides is 1. The van der Waals surface area contributed by atoms with E-state index in [0.29, 0.717) is 5.56 Å². The van der Waals surface area contributed by atoms with Gasteiger partial charge in [-0.1, -0.05) is 6.07 Å². The Hall–Kier alpha value is -2.14. The summed E-state index contributed by atoms with van der Waals surface area (Å²) in [5.41, 5.74) is 9.61. The Labute approximate surface area is 101 Å². The molecular formula is C12H8N2O2S. The van der Waals surface area contributed by atoms with E-state index in [1.165, 1.54) is 6.26 Å². The van der Waals surface area contributed by atoms with Crippen molar-refractivity contribution in [2.75, 3.05) is 0 Å². The van der Waals surface area contributed by atoms with Gasteiger partial charge in [-0.2, -0.15) is 0 Å². The smallest absolute Gasteiger partial charge is 0.285 e. The van der Waals surface area contributed by atoms with Crippen molar-refractivity contribution in [1.82, 2.24) is 4.98 Å². The van der Waals surface area contributed by atoms with Crippen LogP contribution in [0.5, 0.6) is 0 Å². The molecule has 2 aromatic heterocycles. The van der Waals surface area contributed by atoms with E-state index in [2.05, 4.69) is 4.98 Å². The third-order valence-corrected chi connectivity index (χ3v) is 3.32. The second kappa shape index (κ2) is 3.71. The molecule has 0 saturated heterocycles. The van der Waals surface area contributed by atoms with Crippen LogP contribution in [0.25, 0.3) is 21.3 Å². The minimum absolute atomic E-state index is 0.189. The van der Waals surface area contributed by atoms with Gasteiger partial charge in [-0.3, -0.25) is 4.79 Å². The SMILES string of the molecule is NC(=O)c1occc1-c1ccc2ncsc2c1. The Bertz CT molecular complexity index is 699. The van der Waals surface area contributed by atoms with E-state index >= 15 is 0 Å². The van der Waals surface area contributed by atoms with Crippen LogP contribution in [0.1, 0.15) is 10.6 Å². The number of thiazole rings is 1. The van der Waals surface area contributed by atoms with Gasteiger partial charge < -0.3 is 10.2 Å². The number of carbonyl (C=O) groups is 1. The largest absolute Gasteiger partial charge is 0.459 e. The van der Waals surface area contributed by atoms with Gasteiger partial charge in [0.25, 0.3) is 5.91 Å². The molecule has 84 valence electrons. The second-order valence-corrected chi connectivity index (χ2v) is 4.45.